The number of nitrogens with one attached hydrogen (secondary N) is 1. The maximum absolute atomic E-state index is 12.6. The molecule has 0 heterocycles. The molecule has 4 atom stereocenters. The minimum Gasteiger partial charge on any atom is -0.355 e. The second kappa shape index (κ2) is 5.09. The number of aryl methyl sites for hydroxylation is 1. The molecule has 0 spiro atoms. The van der Waals surface area contributed by atoms with Crippen LogP contribution in [0.2, 0.25) is 0 Å². The van der Waals surface area contributed by atoms with Crippen molar-refractivity contribution in [2.45, 2.75) is 50.5 Å². The fraction of sp³-hybridized carbons (Fsp3) is 0.632. The molecule has 3 nitrogen and oxygen atoms in total. The first-order chi connectivity index (χ1) is 10.6. The lowest BCUT2D eigenvalue weighted by atomic mass is 9.84. The van der Waals surface area contributed by atoms with E-state index < -0.39 is 0 Å². The van der Waals surface area contributed by atoms with E-state index in [1.165, 1.54) is 43.2 Å². The predicted octanol–water partition coefficient (Wildman–Crippen LogP) is 2.52. The van der Waals surface area contributed by atoms with Gasteiger partial charge in [-0.1, -0.05) is 24.3 Å². The van der Waals surface area contributed by atoms with Crippen molar-refractivity contribution in [3.05, 3.63) is 35.4 Å². The molecule has 0 saturated heterocycles. The monoisotopic (exact) mass is 298 g/mol. The Hall–Kier alpha value is -1.35. The van der Waals surface area contributed by atoms with Crippen LogP contribution in [-0.2, 0) is 10.2 Å². The summed E-state index contributed by atoms with van der Waals surface area (Å²) in [7, 11) is 0. The number of amides is 1. The molecule has 1 aromatic carbocycles. The number of carbonyl (C=O) groups is 1. The molecule has 2 bridgehead atoms. The van der Waals surface area contributed by atoms with Gasteiger partial charge in [0.05, 0.1) is 5.92 Å². The van der Waals surface area contributed by atoms with Gasteiger partial charge in [0.2, 0.25) is 5.91 Å². The zero-order chi connectivity index (χ0) is 15.3. The molecule has 4 rings (SSSR count). The summed E-state index contributed by atoms with van der Waals surface area (Å²) in [4.78, 5) is 12.6. The van der Waals surface area contributed by atoms with Crippen molar-refractivity contribution in [3.63, 3.8) is 0 Å². The molecule has 3 aliphatic carbocycles. The van der Waals surface area contributed by atoms with Crippen LogP contribution >= 0.6 is 0 Å². The van der Waals surface area contributed by atoms with Crippen LogP contribution in [0.3, 0.4) is 0 Å². The van der Waals surface area contributed by atoms with Gasteiger partial charge < -0.3 is 11.1 Å². The van der Waals surface area contributed by atoms with Crippen LogP contribution in [0.4, 0.5) is 0 Å². The third-order valence-electron chi connectivity index (χ3n) is 6.45. The van der Waals surface area contributed by atoms with Gasteiger partial charge in [0, 0.05) is 18.0 Å². The van der Waals surface area contributed by atoms with Crippen molar-refractivity contribution in [2.75, 3.05) is 6.54 Å². The van der Waals surface area contributed by atoms with Crippen LogP contribution in [0.5, 0.6) is 0 Å². The zero-order valence-corrected chi connectivity index (χ0v) is 13.3. The molecule has 3 N–H and O–H groups in total. The van der Waals surface area contributed by atoms with E-state index in [1.54, 1.807) is 0 Å². The molecular formula is C19H26N2O. The lowest BCUT2D eigenvalue weighted by molar-refractivity contribution is -0.127. The van der Waals surface area contributed by atoms with Gasteiger partial charge in [-0.2, -0.15) is 0 Å². The molecule has 3 aliphatic rings. The molecule has 118 valence electrons. The van der Waals surface area contributed by atoms with Gasteiger partial charge in [0.25, 0.3) is 0 Å². The summed E-state index contributed by atoms with van der Waals surface area (Å²) in [6, 6.07) is 8.67. The highest BCUT2D eigenvalue weighted by molar-refractivity contribution is 5.80. The van der Waals surface area contributed by atoms with Gasteiger partial charge in [0.1, 0.15) is 0 Å². The second-order valence-electron chi connectivity index (χ2n) is 7.75. The highest BCUT2D eigenvalue weighted by Crippen LogP contribution is 2.50. The van der Waals surface area contributed by atoms with Crippen molar-refractivity contribution < 1.29 is 4.79 Å². The van der Waals surface area contributed by atoms with E-state index in [1.807, 2.05) is 0 Å². The molecule has 22 heavy (non-hydrogen) atoms. The van der Waals surface area contributed by atoms with Crippen LogP contribution in [0.25, 0.3) is 0 Å². The van der Waals surface area contributed by atoms with Gasteiger partial charge in [-0.25, -0.2) is 0 Å². The van der Waals surface area contributed by atoms with Gasteiger partial charge in [-0.3, -0.25) is 4.79 Å². The van der Waals surface area contributed by atoms with Gasteiger partial charge in [-0.05, 0) is 62.0 Å². The Kier molecular flexibility index (Phi) is 3.30. The van der Waals surface area contributed by atoms with Crippen LogP contribution in [0.1, 0.15) is 43.2 Å². The zero-order valence-electron chi connectivity index (χ0n) is 13.3. The Bertz CT molecular complexity index is 591. The third-order valence-corrected chi connectivity index (χ3v) is 6.45. The van der Waals surface area contributed by atoms with E-state index in [-0.39, 0.29) is 23.3 Å². The minimum atomic E-state index is 0.0615. The van der Waals surface area contributed by atoms with Crippen LogP contribution < -0.4 is 11.1 Å². The first-order valence-electron chi connectivity index (χ1n) is 8.70. The van der Waals surface area contributed by atoms with Crippen LogP contribution in [-0.4, -0.2) is 18.5 Å². The maximum Gasteiger partial charge on any atom is 0.224 e. The molecule has 0 radical (unpaired) electrons. The fourth-order valence-corrected chi connectivity index (χ4v) is 4.96. The smallest absolute Gasteiger partial charge is 0.224 e. The topological polar surface area (TPSA) is 55.1 Å². The quantitative estimate of drug-likeness (QED) is 0.897. The molecule has 3 fully saturated rings. The summed E-state index contributed by atoms with van der Waals surface area (Å²) in [6.07, 6.45) is 5.95. The maximum atomic E-state index is 12.6. The minimum absolute atomic E-state index is 0.0615. The molecule has 1 amide bonds. The largest absolute Gasteiger partial charge is 0.355 e. The average molecular weight is 298 g/mol. The number of hydrogen-bond donors (Lipinski definition) is 2. The molecular weight excluding hydrogens is 272 g/mol. The molecule has 0 aliphatic heterocycles. The highest BCUT2D eigenvalue weighted by atomic mass is 16.2. The fourth-order valence-electron chi connectivity index (χ4n) is 4.96. The van der Waals surface area contributed by atoms with E-state index in [0.717, 1.165) is 6.54 Å². The second-order valence-corrected chi connectivity index (χ2v) is 7.75. The average Bonchev–Trinajstić information content (AvgIpc) is 3.03. The van der Waals surface area contributed by atoms with Crippen LogP contribution in [0, 0.1) is 24.7 Å². The summed E-state index contributed by atoms with van der Waals surface area (Å²) >= 11 is 0. The Morgan fingerprint density at radius 2 is 2.00 bits per heavy atom. The predicted molar refractivity (Wildman–Crippen MR) is 87.4 cm³/mol. The third kappa shape index (κ3) is 2.18. The van der Waals surface area contributed by atoms with Crippen LogP contribution in [0.15, 0.2) is 24.3 Å². The van der Waals surface area contributed by atoms with E-state index in [9.17, 15) is 4.79 Å². The molecule has 0 aromatic heterocycles. The Labute approximate surface area is 132 Å². The number of benzene rings is 1. The first-order valence-corrected chi connectivity index (χ1v) is 8.70. The van der Waals surface area contributed by atoms with Crippen molar-refractivity contribution in [1.29, 1.82) is 0 Å². The standard InChI is InChI=1S/C19H26N2O/c1-12-4-2-3-5-15(12)19(8-9-19)11-21-18(22)16-13-6-7-14(10-13)17(16)20/h2-5,13-14,16-17H,6-11,20H2,1H3,(H,21,22). The Balaban J connectivity index is 1.43. The molecule has 4 unspecified atom stereocenters. The van der Waals surface area contributed by atoms with Crippen molar-refractivity contribution in [2.24, 2.45) is 23.5 Å². The molecule has 3 heteroatoms. The summed E-state index contributed by atoms with van der Waals surface area (Å²) in [5.74, 6) is 1.39. The van der Waals surface area contributed by atoms with Gasteiger partial charge in [0.15, 0.2) is 0 Å². The number of rotatable bonds is 4. The van der Waals surface area contributed by atoms with E-state index in [4.69, 9.17) is 5.73 Å². The molecule has 1 aromatic rings. The highest BCUT2D eigenvalue weighted by Gasteiger charge is 2.50. The van der Waals surface area contributed by atoms with Gasteiger partial charge in [-0.15, -0.1) is 0 Å². The van der Waals surface area contributed by atoms with E-state index in [0.29, 0.717) is 11.8 Å². The first kappa shape index (κ1) is 14.3. The number of carbonyl (C=O) groups excluding carboxylic acids is 1. The van der Waals surface area contributed by atoms with Gasteiger partial charge >= 0.3 is 0 Å². The SMILES string of the molecule is Cc1ccccc1C1(CNC(=O)C2C3CCC(C3)C2N)CC1. The Morgan fingerprint density at radius 3 is 2.64 bits per heavy atom. The normalized spacial score (nSPS) is 34.6. The summed E-state index contributed by atoms with van der Waals surface area (Å²) in [5.41, 5.74) is 9.23. The lowest BCUT2D eigenvalue weighted by Crippen LogP contribution is -2.46. The van der Waals surface area contributed by atoms with Crippen molar-refractivity contribution >= 4 is 5.91 Å². The van der Waals surface area contributed by atoms with Crippen molar-refractivity contribution in [1.82, 2.24) is 5.32 Å². The Morgan fingerprint density at radius 1 is 1.27 bits per heavy atom. The number of hydrogen-bond acceptors (Lipinski definition) is 2. The summed E-state index contributed by atoms with van der Waals surface area (Å²) in [5, 5.41) is 3.25. The van der Waals surface area contributed by atoms with E-state index >= 15 is 0 Å². The summed E-state index contributed by atoms with van der Waals surface area (Å²) in [6.45, 7) is 2.94. The van der Waals surface area contributed by atoms with E-state index in [2.05, 4.69) is 36.5 Å². The lowest BCUT2D eigenvalue weighted by Gasteiger charge is -2.28. The summed E-state index contributed by atoms with van der Waals surface area (Å²) < 4.78 is 0. The number of nitrogens with two attached hydrogens (primary N) is 1. The van der Waals surface area contributed by atoms with Crippen molar-refractivity contribution in [3.8, 4) is 0 Å². The number of fused-ring (bicyclic) bond motifs is 2. The molecule has 3 saturated carbocycles.